The van der Waals surface area contributed by atoms with Gasteiger partial charge in [0.15, 0.2) is 0 Å². The SMILES string of the molecule is OCc1ccc(OCC(COc2ccc(CO)cc2)(COc2ccc(CO)cc2)COc2ccc(CO)cc2)cc1. The molecule has 0 unspecified atom stereocenters. The van der Waals surface area contributed by atoms with E-state index in [2.05, 4.69) is 0 Å². The number of aliphatic hydroxyl groups excluding tert-OH is 4. The predicted molar refractivity (Wildman–Crippen MR) is 154 cm³/mol. The smallest absolute Gasteiger partial charge is 0.119 e. The van der Waals surface area contributed by atoms with E-state index in [1.54, 1.807) is 97.1 Å². The van der Waals surface area contributed by atoms with Gasteiger partial charge in [0.2, 0.25) is 0 Å². The highest BCUT2D eigenvalue weighted by atomic mass is 16.5. The van der Waals surface area contributed by atoms with Crippen LogP contribution in [0.5, 0.6) is 23.0 Å². The Kier molecular flexibility index (Phi) is 11.0. The lowest BCUT2D eigenvalue weighted by molar-refractivity contribution is -0.00354. The van der Waals surface area contributed by atoms with Crippen LogP contribution in [-0.4, -0.2) is 46.9 Å². The second-order valence-corrected chi connectivity index (χ2v) is 9.86. The Morgan fingerprint density at radius 3 is 0.707 bits per heavy atom. The third-order valence-electron chi connectivity index (χ3n) is 6.60. The van der Waals surface area contributed by atoms with Crippen molar-refractivity contribution < 1.29 is 39.4 Å². The third-order valence-corrected chi connectivity index (χ3v) is 6.60. The van der Waals surface area contributed by atoms with Crippen LogP contribution < -0.4 is 18.9 Å². The summed E-state index contributed by atoms with van der Waals surface area (Å²) in [7, 11) is 0. The molecule has 0 saturated heterocycles. The molecule has 4 aromatic rings. The minimum absolute atomic E-state index is 0.0566. The molecule has 0 aliphatic rings. The Bertz CT molecular complexity index is 1090. The molecule has 216 valence electrons. The summed E-state index contributed by atoms with van der Waals surface area (Å²) in [5, 5.41) is 37.6. The summed E-state index contributed by atoms with van der Waals surface area (Å²) >= 11 is 0. The second-order valence-electron chi connectivity index (χ2n) is 9.86. The number of rotatable bonds is 16. The van der Waals surface area contributed by atoms with Crippen molar-refractivity contribution in [2.45, 2.75) is 26.4 Å². The van der Waals surface area contributed by atoms with E-state index in [0.29, 0.717) is 23.0 Å². The summed E-state index contributed by atoms with van der Waals surface area (Å²) < 4.78 is 24.9. The molecule has 0 bridgehead atoms. The minimum Gasteiger partial charge on any atom is -0.493 e. The lowest BCUT2D eigenvalue weighted by Gasteiger charge is -2.33. The summed E-state index contributed by atoms with van der Waals surface area (Å²) in [6.45, 7) is 0.510. The fraction of sp³-hybridized carbons (Fsp3) is 0.273. The van der Waals surface area contributed by atoms with Crippen molar-refractivity contribution in [3.8, 4) is 23.0 Å². The van der Waals surface area contributed by atoms with E-state index in [0.717, 1.165) is 22.3 Å². The van der Waals surface area contributed by atoms with Crippen LogP contribution in [0.3, 0.4) is 0 Å². The van der Waals surface area contributed by atoms with Crippen molar-refractivity contribution in [3.05, 3.63) is 119 Å². The fourth-order valence-corrected chi connectivity index (χ4v) is 3.96. The van der Waals surface area contributed by atoms with Crippen molar-refractivity contribution in [2.24, 2.45) is 5.41 Å². The zero-order valence-corrected chi connectivity index (χ0v) is 22.8. The standard InChI is InChI=1S/C33H36O8/c34-17-25-1-9-29(10-2-25)38-21-33(22-39-30-11-3-26(18-35)4-12-30,23-40-31-13-5-27(19-36)6-14-31)24-41-32-15-7-28(20-37)8-16-32/h1-16,34-37H,17-24H2. The van der Waals surface area contributed by atoms with Gasteiger partial charge in [0.05, 0.1) is 26.4 Å². The van der Waals surface area contributed by atoms with Crippen LogP contribution in [0.4, 0.5) is 0 Å². The first kappa shape index (κ1) is 29.9. The average Bonchev–Trinajstić information content (AvgIpc) is 3.05. The molecule has 0 spiro atoms. The Balaban J connectivity index is 1.58. The van der Waals surface area contributed by atoms with E-state index in [1.165, 1.54) is 0 Å². The summed E-state index contributed by atoms with van der Waals surface area (Å²) in [4.78, 5) is 0. The molecule has 4 N–H and O–H groups in total. The predicted octanol–water partition coefficient (Wildman–Crippen LogP) is 4.26. The highest BCUT2D eigenvalue weighted by Crippen LogP contribution is 2.27. The van der Waals surface area contributed by atoms with Gasteiger partial charge >= 0.3 is 0 Å². The van der Waals surface area contributed by atoms with E-state index < -0.39 is 5.41 Å². The second kappa shape index (κ2) is 15.1. The molecule has 0 heterocycles. The quantitative estimate of drug-likeness (QED) is 0.161. The molecule has 0 aromatic heterocycles. The molecule has 0 amide bonds. The van der Waals surface area contributed by atoms with Crippen LogP contribution in [0, 0.1) is 5.41 Å². The van der Waals surface area contributed by atoms with Gasteiger partial charge < -0.3 is 39.4 Å². The first-order valence-electron chi connectivity index (χ1n) is 13.4. The van der Waals surface area contributed by atoms with Gasteiger partial charge in [0.1, 0.15) is 54.8 Å². The van der Waals surface area contributed by atoms with Crippen LogP contribution >= 0.6 is 0 Å². The zero-order valence-electron chi connectivity index (χ0n) is 22.8. The molecule has 0 fully saturated rings. The average molecular weight is 561 g/mol. The summed E-state index contributed by atoms with van der Waals surface area (Å²) in [6, 6.07) is 28.8. The molecular weight excluding hydrogens is 524 g/mol. The van der Waals surface area contributed by atoms with Crippen molar-refractivity contribution >= 4 is 0 Å². The van der Waals surface area contributed by atoms with Crippen molar-refractivity contribution in [3.63, 3.8) is 0 Å². The summed E-state index contributed by atoms with van der Waals surface area (Å²) in [5.41, 5.74) is 2.33. The number of hydrogen-bond acceptors (Lipinski definition) is 8. The molecule has 0 radical (unpaired) electrons. The van der Waals surface area contributed by atoms with Crippen LogP contribution in [0.1, 0.15) is 22.3 Å². The van der Waals surface area contributed by atoms with Crippen LogP contribution in [0.25, 0.3) is 0 Å². The molecule has 4 rings (SSSR count). The van der Waals surface area contributed by atoms with Crippen molar-refractivity contribution in [1.29, 1.82) is 0 Å². The van der Waals surface area contributed by atoms with Gasteiger partial charge in [0, 0.05) is 0 Å². The summed E-state index contributed by atoms with van der Waals surface area (Å²) in [5.74, 6) is 2.49. The molecular formula is C33H36O8. The summed E-state index contributed by atoms with van der Waals surface area (Å²) in [6.07, 6.45) is 0. The topological polar surface area (TPSA) is 118 Å². The molecule has 4 aromatic carbocycles. The van der Waals surface area contributed by atoms with Gasteiger partial charge in [-0.2, -0.15) is 0 Å². The number of benzene rings is 4. The molecule has 8 nitrogen and oxygen atoms in total. The van der Waals surface area contributed by atoms with Gasteiger partial charge in [-0.25, -0.2) is 0 Å². The maximum atomic E-state index is 9.39. The lowest BCUT2D eigenvalue weighted by atomic mass is 9.92. The normalized spacial score (nSPS) is 11.2. The Morgan fingerprint density at radius 1 is 0.341 bits per heavy atom. The first-order chi connectivity index (χ1) is 20.0. The van der Waals surface area contributed by atoms with Crippen LogP contribution in [0.2, 0.25) is 0 Å². The molecule has 41 heavy (non-hydrogen) atoms. The maximum Gasteiger partial charge on any atom is 0.119 e. The minimum atomic E-state index is -0.795. The zero-order chi connectivity index (χ0) is 28.9. The van der Waals surface area contributed by atoms with Gasteiger partial charge in [-0.05, 0) is 70.8 Å². The lowest BCUT2D eigenvalue weighted by Crippen LogP contribution is -2.45. The largest absolute Gasteiger partial charge is 0.493 e. The maximum absolute atomic E-state index is 9.39. The number of aliphatic hydroxyl groups is 4. The van der Waals surface area contributed by atoms with E-state index in [1.807, 2.05) is 0 Å². The van der Waals surface area contributed by atoms with Crippen LogP contribution in [0.15, 0.2) is 97.1 Å². The monoisotopic (exact) mass is 560 g/mol. The number of hydrogen-bond donors (Lipinski definition) is 4. The first-order valence-corrected chi connectivity index (χ1v) is 13.4. The van der Waals surface area contributed by atoms with E-state index in [-0.39, 0.29) is 52.9 Å². The van der Waals surface area contributed by atoms with E-state index >= 15 is 0 Å². The Hall–Kier alpha value is -4.08. The van der Waals surface area contributed by atoms with E-state index in [9.17, 15) is 20.4 Å². The van der Waals surface area contributed by atoms with Crippen molar-refractivity contribution in [1.82, 2.24) is 0 Å². The Morgan fingerprint density at radius 2 is 0.537 bits per heavy atom. The van der Waals surface area contributed by atoms with Gasteiger partial charge in [-0.1, -0.05) is 48.5 Å². The van der Waals surface area contributed by atoms with Gasteiger partial charge in [-0.15, -0.1) is 0 Å². The Labute approximate surface area is 240 Å². The molecule has 0 aliphatic heterocycles. The highest BCUT2D eigenvalue weighted by molar-refractivity contribution is 5.30. The van der Waals surface area contributed by atoms with Gasteiger partial charge in [0.25, 0.3) is 0 Å². The fourth-order valence-electron chi connectivity index (χ4n) is 3.96. The third kappa shape index (κ3) is 8.96. The number of ether oxygens (including phenoxy) is 4. The highest BCUT2D eigenvalue weighted by Gasteiger charge is 2.36. The molecule has 0 atom stereocenters. The van der Waals surface area contributed by atoms with Gasteiger partial charge in [-0.3, -0.25) is 0 Å². The molecule has 0 aliphatic carbocycles. The van der Waals surface area contributed by atoms with Crippen LogP contribution in [-0.2, 0) is 26.4 Å². The van der Waals surface area contributed by atoms with E-state index in [4.69, 9.17) is 18.9 Å². The molecule has 0 saturated carbocycles. The van der Waals surface area contributed by atoms with Crippen molar-refractivity contribution in [2.75, 3.05) is 26.4 Å². The molecule has 8 heteroatoms.